The highest BCUT2D eigenvalue weighted by Crippen LogP contribution is 2.03. The minimum Gasteiger partial charge on any atom is -0.467 e. The number of hydrogen-bond acceptors (Lipinski definition) is 4. The molecule has 15 heavy (non-hydrogen) atoms. The van der Waals surface area contributed by atoms with E-state index in [1.165, 1.54) is 0 Å². The van der Waals surface area contributed by atoms with Crippen molar-refractivity contribution in [3.63, 3.8) is 0 Å². The van der Waals surface area contributed by atoms with Crippen molar-refractivity contribution in [2.24, 2.45) is 5.84 Å². The fourth-order valence-corrected chi connectivity index (χ4v) is 1.13. The van der Waals surface area contributed by atoms with Crippen LogP contribution in [0.4, 0.5) is 0 Å². The van der Waals surface area contributed by atoms with Crippen LogP contribution in [0.25, 0.3) is 0 Å². The van der Waals surface area contributed by atoms with Crippen LogP contribution in [0.5, 0.6) is 0 Å². The minimum atomic E-state index is -0.138. The lowest BCUT2D eigenvalue weighted by molar-refractivity contribution is -0.121. The third kappa shape index (κ3) is 5.19. The van der Waals surface area contributed by atoms with Crippen molar-refractivity contribution in [1.82, 2.24) is 5.43 Å². The number of ether oxygens (including phenoxy) is 1. The Morgan fingerprint density at radius 3 is 3.07 bits per heavy atom. The second kappa shape index (κ2) is 7.03. The molecule has 84 valence electrons. The highest BCUT2D eigenvalue weighted by molar-refractivity contribution is 5.74. The molecule has 0 aliphatic heterocycles. The van der Waals surface area contributed by atoms with E-state index in [1.807, 2.05) is 12.1 Å². The Morgan fingerprint density at radius 2 is 2.40 bits per heavy atom. The SMILES string of the molecule is NNC(=O)CCCCOCc1ccco1. The lowest BCUT2D eigenvalue weighted by Gasteiger charge is -2.01. The molecule has 1 aromatic rings. The molecular weight excluding hydrogens is 196 g/mol. The molecule has 1 heterocycles. The van der Waals surface area contributed by atoms with E-state index in [9.17, 15) is 4.79 Å². The number of carbonyl (C=O) groups excluding carboxylic acids is 1. The smallest absolute Gasteiger partial charge is 0.233 e. The van der Waals surface area contributed by atoms with Crippen molar-refractivity contribution < 1.29 is 13.9 Å². The average molecular weight is 212 g/mol. The molecule has 1 aromatic heterocycles. The Balaban J connectivity index is 1.91. The molecule has 0 aromatic carbocycles. The summed E-state index contributed by atoms with van der Waals surface area (Å²) in [5.41, 5.74) is 2.08. The molecule has 1 rings (SSSR count). The van der Waals surface area contributed by atoms with Gasteiger partial charge in [0.2, 0.25) is 5.91 Å². The van der Waals surface area contributed by atoms with Crippen LogP contribution in [0.2, 0.25) is 0 Å². The van der Waals surface area contributed by atoms with Gasteiger partial charge in [-0.1, -0.05) is 0 Å². The van der Waals surface area contributed by atoms with Gasteiger partial charge in [-0.3, -0.25) is 10.2 Å². The van der Waals surface area contributed by atoms with Crippen molar-refractivity contribution in [2.75, 3.05) is 6.61 Å². The van der Waals surface area contributed by atoms with E-state index >= 15 is 0 Å². The first-order chi connectivity index (χ1) is 7.33. The summed E-state index contributed by atoms with van der Waals surface area (Å²) in [6.07, 6.45) is 3.68. The molecule has 0 saturated carbocycles. The Bertz CT molecular complexity index is 272. The molecule has 0 bridgehead atoms. The zero-order chi connectivity index (χ0) is 10.9. The van der Waals surface area contributed by atoms with E-state index < -0.39 is 0 Å². The van der Waals surface area contributed by atoms with Gasteiger partial charge >= 0.3 is 0 Å². The van der Waals surface area contributed by atoms with Gasteiger partial charge in [0, 0.05) is 13.0 Å². The van der Waals surface area contributed by atoms with E-state index in [1.54, 1.807) is 6.26 Å². The van der Waals surface area contributed by atoms with Gasteiger partial charge in [0.25, 0.3) is 0 Å². The zero-order valence-electron chi connectivity index (χ0n) is 8.57. The molecule has 0 saturated heterocycles. The fourth-order valence-electron chi connectivity index (χ4n) is 1.13. The number of amides is 1. The maximum atomic E-state index is 10.7. The number of hydrazine groups is 1. The van der Waals surface area contributed by atoms with Gasteiger partial charge in [-0.05, 0) is 25.0 Å². The summed E-state index contributed by atoms with van der Waals surface area (Å²) in [7, 11) is 0. The standard InChI is InChI=1S/C10H16N2O3/c11-12-10(13)5-1-2-6-14-8-9-4-3-7-15-9/h3-4,7H,1-2,5-6,8,11H2,(H,12,13). The minimum absolute atomic E-state index is 0.138. The molecule has 0 aliphatic rings. The predicted octanol–water partition coefficient (Wildman–Crippen LogP) is 0.956. The second-order valence-electron chi connectivity index (χ2n) is 3.16. The van der Waals surface area contributed by atoms with E-state index in [0.717, 1.165) is 18.6 Å². The lowest BCUT2D eigenvalue weighted by Crippen LogP contribution is -2.29. The fraction of sp³-hybridized carbons (Fsp3) is 0.500. The van der Waals surface area contributed by atoms with Crippen molar-refractivity contribution in [2.45, 2.75) is 25.9 Å². The maximum absolute atomic E-state index is 10.7. The van der Waals surface area contributed by atoms with Crippen molar-refractivity contribution in [3.8, 4) is 0 Å². The van der Waals surface area contributed by atoms with E-state index in [2.05, 4.69) is 5.43 Å². The molecule has 3 N–H and O–H groups in total. The highest BCUT2D eigenvalue weighted by atomic mass is 16.5. The number of nitrogens with one attached hydrogen (secondary N) is 1. The second-order valence-corrected chi connectivity index (χ2v) is 3.16. The number of nitrogens with two attached hydrogens (primary N) is 1. The summed E-state index contributed by atoms with van der Waals surface area (Å²) < 4.78 is 10.4. The molecule has 0 atom stereocenters. The van der Waals surface area contributed by atoms with Gasteiger partial charge in [-0.25, -0.2) is 5.84 Å². The summed E-state index contributed by atoms with van der Waals surface area (Å²) in [6, 6.07) is 3.69. The predicted molar refractivity (Wildman–Crippen MR) is 54.5 cm³/mol. The molecule has 1 amide bonds. The van der Waals surface area contributed by atoms with Crippen molar-refractivity contribution in [3.05, 3.63) is 24.2 Å². The monoisotopic (exact) mass is 212 g/mol. The molecule has 0 fully saturated rings. The summed E-state index contributed by atoms with van der Waals surface area (Å²) in [4.78, 5) is 10.7. The Kier molecular flexibility index (Phi) is 5.50. The van der Waals surface area contributed by atoms with Crippen molar-refractivity contribution in [1.29, 1.82) is 0 Å². The average Bonchev–Trinajstić information content (AvgIpc) is 2.75. The summed E-state index contributed by atoms with van der Waals surface area (Å²) >= 11 is 0. The number of furan rings is 1. The largest absolute Gasteiger partial charge is 0.467 e. The lowest BCUT2D eigenvalue weighted by atomic mass is 10.2. The van der Waals surface area contributed by atoms with Crippen molar-refractivity contribution >= 4 is 5.91 Å². The van der Waals surface area contributed by atoms with Gasteiger partial charge in [0.1, 0.15) is 12.4 Å². The molecular formula is C10H16N2O3. The topological polar surface area (TPSA) is 77.5 Å². The summed E-state index contributed by atoms with van der Waals surface area (Å²) in [6.45, 7) is 1.11. The summed E-state index contributed by atoms with van der Waals surface area (Å²) in [5.74, 6) is 5.61. The van der Waals surface area contributed by atoms with Crippen LogP contribution in [-0.4, -0.2) is 12.5 Å². The first-order valence-corrected chi connectivity index (χ1v) is 4.92. The first kappa shape index (κ1) is 11.7. The van der Waals surface area contributed by atoms with Crippen LogP contribution in [0.1, 0.15) is 25.0 Å². The Hall–Kier alpha value is -1.33. The van der Waals surface area contributed by atoms with Crippen LogP contribution < -0.4 is 11.3 Å². The highest BCUT2D eigenvalue weighted by Gasteiger charge is 1.98. The third-order valence-electron chi connectivity index (χ3n) is 1.93. The van der Waals surface area contributed by atoms with Gasteiger partial charge in [0.15, 0.2) is 0 Å². The molecule has 0 radical (unpaired) electrons. The van der Waals surface area contributed by atoms with Gasteiger partial charge in [-0.15, -0.1) is 0 Å². The van der Waals surface area contributed by atoms with E-state index in [4.69, 9.17) is 15.0 Å². The van der Waals surface area contributed by atoms with Crippen LogP contribution in [0, 0.1) is 0 Å². The Labute approximate surface area is 88.6 Å². The Morgan fingerprint density at radius 1 is 1.53 bits per heavy atom. The van der Waals surface area contributed by atoms with E-state index in [0.29, 0.717) is 19.6 Å². The van der Waals surface area contributed by atoms with Crippen LogP contribution in [-0.2, 0) is 16.1 Å². The first-order valence-electron chi connectivity index (χ1n) is 4.92. The number of hydrogen-bond donors (Lipinski definition) is 2. The molecule has 0 aliphatic carbocycles. The molecule has 0 unspecified atom stereocenters. The van der Waals surface area contributed by atoms with Gasteiger partial charge in [0.05, 0.1) is 6.26 Å². The number of unbranched alkanes of at least 4 members (excludes halogenated alkanes) is 1. The number of rotatable bonds is 7. The van der Waals surface area contributed by atoms with Gasteiger partial charge in [-0.2, -0.15) is 0 Å². The molecule has 5 heteroatoms. The molecule has 5 nitrogen and oxygen atoms in total. The molecule has 0 spiro atoms. The maximum Gasteiger partial charge on any atom is 0.233 e. The van der Waals surface area contributed by atoms with Crippen LogP contribution >= 0.6 is 0 Å². The third-order valence-corrected chi connectivity index (χ3v) is 1.93. The normalized spacial score (nSPS) is 10.2. The van der Waals surface area contributed by atoms with Gasteiger partial charge < -0.3 is 9.15 Å². The van der Waals surface area contributed by atoms with E-state index in [-0.39, 0.29) is 5.91 Å². The van der Waals surface area contributed by atoms with Crippen LogP contribution in [0.3, 0.4) is 0 Å². The summed E-state index contributed by atoms with van der Waals surface area (Å²) in [5, 5.41) is 0. The zero-order valence-corrected chi connectivity index (χ0v) is 8.57. The quantitative estimate of drug-likeness (QED) is 0.305. The van der Waals surface area contributed by atoms with Crippen LogP contribution in [0.15, 0.2) is 22.8 Å². The number of carbonyl (C=O) groups is 1.